The van der Waals surface area contributed by atoms with Crippen molar-refractivity contribution in [2.45, 2.75) is 38.8 Å². The van der Waals surface area contributed by atoms with Crippen LogP contribution in [-0.4, -0.2) is 50.0 Å². The summed E-state index contributed by atoms with van der Waals surface area (Å²) in [7, 11) is 0. The largest absolute Gasteiger partial charge is 0.382 e. The summed E-state index contributed by atoms with van der Waals surface area (Å²) >= 11 is 1.61. The molecule has 2 atom stereocenters. The summed E-state index contributed by atoms with van der Waals surface area (Å²) in [5.74, 6) is 1.10. The lowest BCUT2D eigenvalue weighted by atomic mass is 9.93. The average molecular weight is 486 g/mol. The van der Waals surface area contributed by atoms with Gasteiger partial charge in [0.15, 0.2) is 5.01 Å². The van der Waals surface area contributed by atoms with Crippen LogP contribution >= 0.6 is 11.3 Å². The van der Waals surface area contributed by atoms with Gasteiger partial charge in [-0.05, 0) is 62.8 Å². The number of pyridine rings is 1. The minimum absolute atomic E-state index is 0.232. The molecule has 1 saturated carbocycles. The first-order valence-electron chi connectivity index (χ1n) is 12.0. The van der Waals surface area contributed by atoms with Crippen LogP contribution in [0, 0.1) is 23.2 Å². The van der Waals surface area contributed by atoms with Gasteiger partial charge in [0, 0.05) is 37.1 Å². The molecule has 35 heavy (non-hydrogen) atoms. The van der Waals surface area contributed by atoms with Crippen molar-refractivity contribution in [1.82, 2.24) is 24.8 Å². The third-order valence-corrected chi connectivity index (χ3v) is 8.08. The Labute approximate surface area is 207 Å². The molecule has 6 rings (SSSR count). The molecule has 5 heterocycles. The van der Waals surface area contributed by atoms with Crippen molar-refractivity contribution in [3.05, 3.63) is 42.2 Å². The predicted molar refractivity (Wildman–Crippen MR) is 137 cm³/mol. The van der Waals surface area contributed by atoms with E-state index in [9.17, 15) is 0 Å². The van der Waals surface area contributed by atoms with Crippen molar-refractivity contribution < 1.29 is 0 Å². The number of hydrogen-bond acceptors (Lipinski definition) is 9. The van der Waals surface area contributed by atoms with Crippen LogP contribution in [0.25, 0.3) is 27.5 Å². The van der Waals surface area contributed by atoms with Crippen LogP contribution in [0.1, 0.15) is 32.3 Å². The topological polar surface area (TPSA) is 121 Å². The highest BCUT2D eigenvalue weighted by Crippen LogP contribution is 2.40. The summed E-state index contributed by atoms with van der Waals surface area (Å²) < 4.78 is 1.81. The Morgan fingerprint density at radius 1 is 1.14 bits per heavy atom. The molecular weight excluding hydrogens is 458 g/mol. The van der Waals surface area contributed by atoms with E-state index in [2.05, 4.69) is 45.4 Å². The number of nitrogens with zero attached hydrogens (tertiary/aromatic N) is 7. The zero-order chi connectivity index (χ0) is 24.1. The standard InChI is InChI=1S/C25H27N9S/c1-14(2)30-20-8-21(22-6-5-18-7-15(9-26)10-29-34(18)22)28-11-19(20)24-31-32-25(35-24)33-12-16-3-4-17(13-33)23(16)27/h5-8,10-11,14,16-17,23H,3-4,12-13,27H2,1-2H3,(H,28,30)/t16-,17-/m0/s1. The monoisotopic (exact) mass is 485 g/mol. The predicted octanol–water partition coefficient (Wildman–Crippen LogP) is 3.78. The zero-order valence-corrected chi connectivity index (χ0v) is 20.5. The smallest absolute Gasteiger partial charge is 0.208 e. The Balaban J connectivity index is 1.34. The highest BCUT2D eigenvalue weighted by Gasteiger charge is 2.40. The van der Waals surface area contributed by atoms with Crippen molar-refractivity contribution >= 4 is 27.7 Å². The first-order valence-corrected chi connectivity index (χ1v) is 12.8. The Kier molecular flexibility index (Phi) is 5.39. The summed E-state index contributed by atoms with van der Waals surface area (Å²) in [5.41, 5.74) is 11.3. The number of hydrogen-bond donors (Lipinski definition) is 2. The average Bonchev–Trinajstić information content (AvgIpc) is 3.54. The van der Waals surface area contributed by atoms with Gasteiger partial charge in [-0.25, -0.2) is 4.52 Å². The fraction of sp³-hybridized carbons (Fsp3) is 0.400. The van der Waals surface area contributed by atoms with Gasteiger partial charge in [0.25, 0.3) is 0 Å². The molecular formula is C25H27N9S. The van der Waals surface area contributed by atoms with Gasteiger partial charge in [0.05, 0.1) is 34.2 Å². The lowest BCUT2D eigenvalue weighted by Crippen LogP contribution is -2.48. The zero-order valence-electron chi connectivity index (χ0n) is 19.7. The second-order valence-corrected chi connectivity index (χ2v) is 10.8. The van der Waals surface area contributed by atoms with E-state index >= 15 is 0 Å². The van der Waals surface area contributed by atoms with Gasteiger partial charge in [-0.2, -0.15) is 10.4 Å². The van der Waals surface area contributed by atoms with Gasteiger partial charge in [0.1, 0.15) is 6.07 Å². The number of nitriles is 1. The summed E-state index contributed by atoms with van der Waals surface area (Å²) in [6.45, 7) is 6.14. The molecule has 4 aromatic heterocycles. The van der Waals surface area contributed by atoms with Crippen LogP contribution < -0.4 is 16.0 Å². The third kappa shape index (κ3) is 3.90. The highest BCUT2D eigenvalue weighted by atomic mass is 32.1. The number of aromatic nitrogens is 5. The van der Waals surface area contributed by atoms with Gasteiger partial charge in [-0.3, -0.25) is 4.98 Å². The molecule has 0 unspecified atom stereocenters. The Morgan fingerprint density at radius 3 is 2.69 bits per heavy atom. The van der Waals surface area contributed by atoms with Crippen molar-refractivity contribution in [3.63, 3.8) is 0 Å². The quantitative estimate of drug-likeness (QED) is 0.438. The minimum atomic E-state index is 0.232. The van der Waals surface area contributed by atoms with Crippen LogP contribution in [-0.2, 0) is 0 Å². The lowest BCUT2D eigenvalue weighted by molar-refractivity contribution is 0.356. The molecule has 1 aliphatic carbocycles. The van der Waals surface area contributed by atoms with E-state index in [1.54, 1.807) is 22.0 Å². The Bertz CT molecular complexity index is 1420. The first-order chi connectivity index (χ1) is 17.0. The summed E-state index contributed by atoms with van der Waals surface area (Å²) in [5, 5.41) is 28.1. The lowest BCUT2D eigenvalue weighted by Gasteiger charge is -2.35. The molecule has 10 heteroatoms. The number of anilines is 2. The Morgan fingerprint density at radius 2 is 1.94 bits per heavy atom. The molecule has 2 fully saturated rings. The van der Waals surface area contributed by atoms with E-state index in [1.807, 2.05) is 30.5 Å². The van der Waals surface area contributed by atoms with Crippen molar-refractivity contribution in [1.29, 1.82) is 5.26 Å². The molecule has 178 valence electrons. The minimum Gasteiger partial charge on any atom is -0.382 e. The second kappa shape index (κ2) is 8.59. The van der Waals surface area contributed by atoms with Gasteiger partial charge in [0.2, 0.25) is 5.13 Å². The number of piperidine rings is 1. The maximum Gasteiger partial charge on any atom is 0.208 e. The van der Waals surface area contributed by atoms with Gasteiger partial charge < -0.3 is 16.0 Å². The van der Waals surface area contributed by atoms with Gasteiger partial charge >= 0.3 is 0 Å². The molecule has 2 bridgehead atoms. The molecule has 1 aliphatic heterocycles. The number of fused-ring (bicyclic) bond motifs is 3. The maximum atomic E-state index is 9.17. The van der Waals surface area contributed by atoms with Crippen LogP contribution in [0.15, 0.2) is 36.7 Å². The van der Waals surface area contributed by atoms with E-state index < -0.39 is 0 Å². The molecule has 0 radical (unpaired) electrons. The van der Waals surface area contributed by atoms with Crippen LogP contribution in [0.4, 0.5) is 10.8 Å². The molecule has 0 amide bonds. The number of nitrogens with two attached hydrogens (primary N) is 1. The summed E-state index contributed by atoms with van der Waals surface area (Å²) in [6.07, 6.45) is 5.86. The SMILES string of the molecule is CC(C)Nc1cc(-c2ccc3cc(C#N)cnn23)ncc1-c1nnc(N2C[C@@H]3CC[C@@H](C2)C3N)s1. The number of rotatable bonds is 5. The van der Waals surface area contributed by atoms with E-state index in [4.69, 9.17) is 16.0 Å². The van der Waals surface area contributed by atoms with Gasteiger partial charge in [-0.15, -0.1) is 10.2 Å². The first kappa shape index (κ1) is 21.9. The number of nitrogens with one attached hydrogen (secondary N) is 1. The molecule has 2 aliphatic rings. The van der Waals surface area contributed by atoms with Crippen molar-refractivity contribution in [3.8, 4) is 28.0 Å². The normalized spacial score (nSPS) is 21.6. The summed E-state index contributed by atoms with van der Waals surface area (Å²) in [6, 6.07) is 10.5. The fourth-order valence-electron chi connectivity index (χ4n) is 5.32. The molecule has 1 saturated heterocycles. The molecule has 3 N–H and O–H groups in total. The highest BCUT2D eigenvalue weighted by molar-refractivity contribution is 7.18. The maximum absolute atomic E-state index is 9.17. The van der Waals surface area contributed by atoms with E-state index in [0.29, 0.717) is 23.4 Å². The molecule has 9 nitrogen and oxygen atoms in total. The fourth-order valence-corrected chi connectivity index (χ4v) is 6.21. The molecule has 0 aromatic carbocycles. The van der Waals surface area contributed by atoms with Crippen LogP contribution in [0.3, 0.4) is 0 Å². The second-order valence-electron chi connectivity index (χ2n) is 9.80. The summed E-state index contributed by atoms with van der Waals surface area (Å²) in [4.78, 5) is 7.13. The van der Waals surface area contributed by atoms with Crippen molar-refractivity contribution in [2.75, 3.05) is 23.3 Å². The van der Waals surface area contributed by atoms with Crippen LogP contribution in [0.2, 0.25) is 0 Å². The third-order valence-electron chi connectivity index (χ3n) is 7.06. The van der Waals surface area contributed by atoms with Crippen molar-refractivity contribution in [2.24, 2.45) is 17.6 Å². The Hall–Kier alpha value is -3.55. The molecule has 0 spiro atoms. The van der Waals surface area contributed by atoms with E-state index in [0.717, 1.165) is 51.4 Å². The van der Waals surface area contributed by atoms with E-state index in [1.165, 1.54) is 12.8 Å². The van der Waals surface area contributed by atoms with Crippen LogP contribution in [0.5, 0.6) is 0 Å². The van der Waals surface area contributed by atoms with Gasteiger partial charge in [-0.1, -0.05) is 11.3 Å². The van der Waals surface area contributed by atoms with E-state index in [-0.39, 0.29) is 6.04 Å². The molecule has 4 aromatic rings.